The van der Waals surface area contributed by atoms with Crippen molar-refractivity contribution in [2.24, 2.45) is 4.99 Å². The molecule has 0 amide bonds. The summed E-state index contributed by atoms with van der Waals surface area (Å²) in [6.45, 7) is 8.64. The minimum atomic E-state index is 0. The molecule has 1 fully saturated rings. The van der Waals surface area contributed by atoms with E-state index >= 15 is 0 Å². The van der Waals surface area contributed by atoms with Gasteiger partial charge in [-0.25, -0.2) is 4.99 Å². The van der Waals surface area contributed by atoms with E-state index in [1.165, 1.54) is 16.7 Å². The number of nitrogens with one attached hydrogen (secondary N) is 2. The van der Waals surface area contributed by atoms with Crippen LogP contribution in [0.5, 0.6) is 5.75 Å². The van der Waals surface area contributed by atoms with Gasteiger partial charge in [-0.1, -0.05) is 36.4 Å². The van der Waals surface area contributed by atoms with Crippen molar-refractivity contribution in [2.75, 3.05) is 33.9 Å². The Labute approximate surface area is 209 Å². The second kappa shape index (κ2) is 13.6. The molecule has 0 spiro atoms. The monoisotopic (exact) mass is 552 g/mol. The van der Waals surface area contributed by atoms with Gasteiger partial charge in [-0.15, -0.1) is 24.0 Å². The Balaban J connectivity index is 0.00000363. The molecule has 0 radical (unpaired) electrons. The van der Waals surface area contributed by atoms with Gasteiger partial charge in [0.05, 0.1) is 19.8 Å². The molecule has 2 aromatic rings. The fourth-order valence-electron chi connectivity index (χ4n) is 3.51. The molecular weight excluding hydrogens is 515 g/mol. The molecule has 2 N–H and O–H groups in total. The zero-order chi connectivity index (χ0) is 22.1. The predicted octanol–water partition coefficient (Wildman–Crippen LogP) is 4.10. The normalized spacial score (nSPS) is 16.0. The molecule has 1 unspecified atom stereocenters. The molecule has 0 saturated carbocycles. The van der Waals surface area contributed by atoms with E-state index in [2.05, 4.69) is 85.9 Å². The molecule has 32 heavy (non-hydrogen) atoms. The highest BCUT2D eigenvalue weighted by Crippen LogP contribution is 2.23. The van der Waals surface area contributed by atoms with Crippen LogP contribution in [0.1, 0.15) is 35.6 Å². The van der Waals surface area contributed by atoms with Crippen LogP contribution in [0.3, 0.4) is 0 Å². The lowest BCUT2D eigenvalue weighted by molar-refractivity contribution is 0.140. The largest absolute Gasteiger partial charge is 0.488 e. The molecule has 1 aliphatic heterocycles. The summed E-state index contributed by atoms with van der Waals surface area (Å²) in [5.74, 6) is 1.73. The van der Waals surface area contributed by atoms with Crippen LogP contribution in [-0.2, 0) is 24.4 Å². The number of rotatable bonds is 9. The summed E-state index contributed by atoms with van der Waals surface area (Å²) in [7, 11) is 4.16. The molecule has 7 heteroatoms. The molecule has 1 heterocycles. The molecule has 176 valence electrons. The average molecular weight is 553 g/mol. The first-order valence-corrected chi connectivity index (χ1v) is 11.1. The van der Waals surface area contributed by atoms with E-state index in [0.29, 0.717) is 19.7 Å². The van der Waals surface area contributed by atoms with E-state index in [9.17, 15) is 0 Å². The van der Waals surface area contributed by atoms with Crippen molar-refractivity contribution in [1.29, 1.82) is 0 Å². The highest BCUT2D eigenvalue weighted by atomic mass is 127. The molecule has 1 saturated heterocycles. The SMILES string of the molecule is CCNC(=NCc1ccc(CN(C)C)cc1)NCc1ccc(C)cc1OC1CCOC1.I. The highest BCUT2D eigenvalue weighted by molar-refractivity contribution is 14.0. The number of aryl methyl sites for hydroxylation is 1. The lowest BCUT2D eigenvalue weighted by Crippen LogP contribution is -2.37. The Morgan fingerprint density at radius 2 is 1.88 bits per heavy atom. The molecule has 1 aliphatic rings. The van der Waals surface area contributed by atoms with Gasteiger partial charge in [0.2, 0.25) is 0 Å². The second-order valence-electron chi connectivity index (χ2n) is 8.32. The van der Waals surface area contributed by atoms with E-state index in [-0.39, 0.29) is 30.1 Å². The third-order valence-corrected chi connectivity index (χ3v) is 5.14. The molecule has 0 aromatic heterocycles. The van der Waals surface area contributed by atoms with Crippen molar-refractivity contribution in [3.8, 4) is 5.75 Å². The minimum absolute atomic E-state index is 0. The zero-order valence-electron chi connectivity index (χ0n) is 19.7. The summed E-state index contributed by atoms with van der Waals surface area (Å²) in [5.41, 5.74) is 4.81. The van der Waals surface area contributed by atoms with Gasteiger partial charge in [0.25, 0.3) is 0 Å². The quantitative estimate of drug-likeness (QED) is 0.279. The van der Waals surface area contributed by atoms with E-state index in [0.717, 1.165) is 43.4 Å². The van der Waals surface area contributed by atoms with Gasteiger partial charge in [0, 0.05) is 31.6 Å². The summed E-state index contributed by atoms with van der Waals surface area (Å²) in [6.07, 6.45) is 1.08. The van der Waals surface area contributed by atoms with Gasteiger partial charge in [0.15, 0.2) is 5.96 Å². The van der Waals surface area contributed by atoms with Gasteiger partial charge in [-0.2, -0.15) is 0 Å². The minimum Gasteiger partial charge on any atom is -0.488 e. The Kier molecular flexibility index (Phi) is 11.3. The Bertz CT molecular complexity index is 850. The molecule has 1 atom stereocenters. The highest BCUT2D eigenvalue weighted by Gasteiger charge is 2.18. The van der Waals surface area contributed by atoms with Crippen LogP contribution in [-0.4, -0.2) is 50.8 Å². The standard InChI is InChI=1S/C25H36N4O2.HI/c1-5-26-25(27-15-20-7-9-21(10-8-20)17-29(3)4)28-16-22-11-6-19(2)14-24(22)31-23-12-13-30-18-23;/h6-11,14,23H,5,12-13,15-18H2,1-4H3,(H2,26,27,28);1H. The van der Waals surface area contributed by atoms with E-state index in [4.69, 9.17) is 14.5 Å². The first-order chi connectivity index (χ1) is 15.0. The number of guanidine groups is 1. The molecule has 2 aromatic carbocycles. The molecule has 0 bridgehead atoms. The zero-order valence-corrected chi connectivity index (χ0v) is 22.0. The lowest BCUT2D eigenvalue weighted by Gasteiger charge is -2.18. The Morgan fingerprint density at radius 3 is 2.53 bits per heavy atom. The van der Waals surface area contributed by atoms with Crippen LogP contribution in [0.4, 0.5) is 0 Å². The third-order valence-electron chi connectivity index (χ3n) is 5.14. The van der Waals surface area contributed by atoms with Crippen molar-refractivity contribution in [2.45, 2.75) is 46.0 Å². The van der Waals surface area contributed by atoms with Crippen molar-refractivity contribution in [3.05, 3.63) is 64.7 Å². The van der Waals surface area contributed by atoms with Crippen molar-refractivity contribution in [1.82, 2.24) is 15.5 Å². The number of ether oxygens (including phenoxy) is 2. The number of aliphatic imine (C=N–C) groups is 1. The van der Waals surface area contributed by atoms with E-state index in [1.54, 1.807) is 0 Å². The molecule has 3 rings (SSSR count). The molecule has 0 aliphatic carbocycles. The molecular formula is C25H37IN4O2. The van der Waals surface area contributed by atoms with Crippen LogP contribution < -0.4 is 15.4 Å². The Morgan fingerprint density at radius 1 is 1.12 bits per heavy atom. The summed E-state index contributed by atoms with van der Waals surface area (Å²) < 4.78 is 11.7. The van der Waals surface area contributed by atoms with Gasteiger partial charge < -0.3 is 25.0 Å². The molecule has 6 nitrogen and oxygen atoms in total. The lowest BCUT2D eigenvalue weighted by atomic mass is 10.1. The van der Waals surface area contributed by atoms with Crippen molar-refractivity contribution in [3.63, 3.8) is 0 Å². The number of hydrogen-bond donors (Lipinski definition) is 2. The van der Waals surface area contributed by atoms with E-state index in [1.807, 2.05) is 0 Å². The van der Waals surface area contributed by atoms with Crippen LogP contribution in [0.15, 0.2) is 47.5 Å². The maximum absolute atomic E-state index is 6.22. The maximum atomic E-state index is 6.22. The number of benzene rings is 2. The van der Waals surface area contributed by atoms with Crippen molar-refractivity contribution >= 4 is 29.9 Å². The third kappa shape index (κ3) is 8.60. The number of nitrogens with zero attached hydrogens (tertiary/aromatic N) is 2. The summed E-state index contributed by atoms with van der Waals surface area (Å²) in [5, 5.41) is 6.79. The summed E-state index contributed by atoms with van der Waals surface area (Å²) >= 11 is 0. The number of hydrogen-bond acceptors (Lipinski definition) is 4. The first kappa shape index (κ1) is 26.4. The van der Waals surface area contributed by atoms with Gasteiger partial charge in [-0.3, -0.25) is 0 Å². The van der Waals surface area contributed by atoms with Gasteiger partial charge in [0.1, 0.15) is 11.9 Å². The Hall–Kier alpha value is -1.84. The van der Waals surface area contributed by atoms with Crippen LogP contribution in [0.2, 0.25) is 0 Å². The maximum Gasteiger partial charge on any atom is 0.191 e. The van der Waals surface area contributed by atoms with Crippen LogP contribution >= 0.6 is 24.0 Å². The fourth-order valence-corrected chi connectivity index (χ4v) is 3.51. The smallest absolute Gasteiger partial charge is 0.191 e. The van der Waals surface area contributed by atoms with Crippen LogP contribution in [0.25, 0.3) is 0 Å². The number of halogens is 1. The summed E-state index contributed by atoms with van der Waals surface area (Å²) in [6, 6.07) is 15.0. The van der Waals surface area contributed by atoms with Gasteiger partial charge in [-0.05, 0) is 50.7 Å². The first-order valence-electron chi connectivity index (χ1n) is 11.1. The van der Waals surface area contributed by atoms with Crippen molar-refractivity contribution < 1.29 is 9.47 Å². The van der Waals surface area contributed by atoms with Crippen LogP contribution in [0, 0.1) is 6.92 Å². The van der Waals surface area contributed by atoms with E-state index < -0.39 is 0 Å². The summed E-state index contributed by atoms with van der Waals surface area (Å²) in [4.78, 5) is 6.93. The predicted molar refractivity (Wildman–Crippen MR) is 142 cm³/mol. The van der Waals surface area contributed by atoms with Gasteiger partial charge >= 0.3 is 0 Å². The topological polar surface area (TPSA) is 58.1 Å². The fraction of sp³-hybridized carbons (Fsp3) is 0.480. The average Bonchev–Trinajstić information content (AvgIpc) is 3.25. The second-order valence-corrected chi connectivity index (χ2v) is 8.32.